The van der Waals surface area contributed by atoms with Gasteiger partial charge in [-0.1, -0.05) is 55.4 Å². The van der Waals surface area contributed by atoms with Crippen molar-refractivity contribution in [2.24, 2.45) is 0 Å². The molecule has 3 aromatic carbocycles. The van der Waals surface area contributed by atoms with Crippen LogP contribution in [0, 0.1) is 6.92 Å². The zero-order valence-corrected chi connectivity index (χ0v) is 23.7. The number of nitrogens with one attached hydrogen (secondary N) is 2. The molecule has 38 heavy (non-hydrogen) atoms. The van der Waals surface area contributed by atoms with Crippen LogP contribution in [-0.2, 0) is 4.79 Å². The number of amides is 2. The van der Waals surface area contributed by atoms with Gasteiger partial charge in [-0.3, -0.25) is 9.59 Å². The van der Waals surface area contributed by atoms with Crippen molar-refractivity contribution >= 4 is 50.8 Å². The summed E-state index contributed by atoms with van der Waals surface area (Å²) >= 11 is 2.92. The molecule has 0 bridgehead atoms. The molecule has 0 aliphatic rings. The molecule has 0 unspecified atom stereocenters. The highest BCUT2D eigenvalue weighted by Gasteiger charge is 2.14. The van der Waals surface area contributed by atoms with Gasteiger partial charge in [0.25, 0.3) is 5.91 Å². The van der Waals surface area contributed by atoms with E-state index in [2.05, 4.69) is 29.5 Å². The van der Waals surface area contributed by atoms with E-state index in [9.17, 15) is 9.59 Å². The van der Waals surface area contributed by atoms with Crippen LogP contribution >= 0.6 is 23.1 Å². The third kappa shape index (κ3) is 7.36. The molecule has 4 rings (SSSR count). The number of nitrogens with zero attached hydrogens (tertiary/aromatic N) is 1. The summed E-state index contributed by atoms with van der Waals surface area (Å²) < 4.78 is 7.76. The zero-order valence-electron chi connectivity index (χ0n) is 22.1. The van der Waals surface area contributed by atoms with Crippen molar-refractivity contribution in [3.05, 3.63) is 83.4 Å². The van der Waals surface area contributed by atoms with Crippen LogP contribution in [0.1, 0.15) is 61.1 Å². The van der Waals surface area contributed by atoms with Crippen LogP contribution in [0.15, 0.2) is 71.1 Å². The molecule has 2 amide bonds. The van der Waals surface area contributed by atoms with Gasteiger partial charge >= 0.3 is 0 Å². The molecule has 8 heteroatoms. The number of ether oxygens (including phenoxy) is 1. The average Bonchev–Trinajstić information content (AvgIpc) is 3.31. The van der Waals surface area contributed by atoms with Crippen molar-refractivity contribution in [2.45, 2.75) is 57.0 Å². The molecule has 0 fully saturated rings. The van der Waals surface area contributed by atoms with E-state index in [0.717, 1.165) is 44.3 Å². The minimum absolute atomic E-state index is 0.0369. The number of fused-ring (bicyclic) bond motifs is 1. The second-order valence-corrected chi connectivity index (χ2v) is 11.6. The monoisotopic (exact) mass is 547 g/mol. The molecule has 1 aromatic heterocycles. The number of anilines is 1. The first-order chi connectivity index (χ1) is 18.3. The van der Waals surface area contributed by atoms with Crippen molar-refractivity contribution < 1.29 is 14.3 Å². The molecule has 0 spiro atoms. The van der Waals surface area contributed by atoms with Crippen LogP contribution in [-0.4, -0.2) is 28.7 Å². The van der Waals surface area contributed by atoms with E-state index in [1.807, 2.05) is 74.5 Å². The summed E-state index contributed by atoms with van der Waals surface area (Å²) in [7, 11) is 0. The summed E-state index contributed by atoms with van der Waals surface area (Å²) in [6.45, 7) is 8.12. The van der Waals surface area contributed by atoms with E-state index in [0.29, 0.717) is 11.3 Å². The van der Waals surface area contributed by atoms with Crippen molar-refractivity contribution in [3.63, 3.8) is 0 Å². The number of carbonyl (C=O) groups is 2. The number of aryl methyl sites for hydroxylation is 1. The van der Waals surface area contributed by atoms with Gasteiger partial charge in [0.1, 0.15) is 5.75 Å². The van der Waals surface area contributed by atoms with E-state index < -0.39 is 0 Å². The van der Waals surface area contributed by atoms with E-state index in [1.54, 1.807) is 6.07 Å². The highest BCUT2D eigenvalue weighted by molar-refractivity contribution is 8.01. The SMILES string of the molecule is CCC[C@H](C)Oc1ccc(C(=O)Nc2ccc3nc(SCC(=O)N[C@@H](C)c4ccccc4)sc3c2)cc1C. The van der Waals surface area contributed by atoms with Crippen molar-refractivity contribution in [3.8, 4) is 5.75 Å². The minimum Gasteiger partial charge on any atom is -0.490 e. The van der Waals surface area contributed by atoms with E-state index >= 15 is 0 Å². The van der Waals surface area contributed by atoms with Crippen LogP contribution < -0.4 is 15.4 Å². The smallest absolute Gasteiger partial charge is 0.255 e. The number of aromatic nitrogens is 1. The lowest BCUT2D eigenvalue weighted by molar-refractivity contribution is -0.119. The van der Waals surface area contributed by atoms with Gasteiger partial charge in [-0.25, -0.2) is 4.98 Å². The van der Waals surface area contributed by atoms with Crippen molar-refractivity contribution in [1.82, 2.24) is 10.3 Å². The summed E-state index contributed by atoms with van der Waals surface area (Å²) in [6.07, 6.45) is 2.19. The maximum atomic E-state index is 12.9. The van der Waals surface area contributed by atoms with E-state index in [-0.39, 0.29) is 29.7 Å². The lowest BCUT2D eigenvalue weighted by atomic mass is 10.1. The number of hydrogen-bond acceptors (Lipinski definition) is 6. The fraction of sp³-hybridized carbons (Fsp3) is 0.300. The predicted molar refractivity (Wildman–Crippen MR) is 157 cm³/mol. The summed E-state index contributed by atoms with van der Waals surface area (Å²) in [4.78, 5) is 30.0. The molecule has 4 aromatic rings. The normalized spacial score (nSPS) is 12.6. The van der Waals surface area contributed by atoms with Crippen LogP contribution in [0.3, 0.4) is 0 Å². The first-order valence-corrected chi connectivity index (χ1v) is 14.6. The summed E-state index contributed by atoms with van der Waals surface area (Å²) in [5.41, 5.74) is 4.12. The maximum absolute atomic E-state index is 12.9. The number of thiazole rings is 1. The molecular formula is C30H33N3O3S2. The first kappa shape index (κ1) is 27.7. The molecule has 0 aliphatic carbocycles. The molecule has 2 atom stereocenters. The van der Waals surface area contributed by atoms with Crippen LogP contribution in [0.5, 0.6) is 5.75 Å². The Labute approximate surface area is 232 Å². The highest BCUT2D eigenvalue weighted by Crippen LogP contribution is 2.31. The highest BCUT2D eigenvalue weighted by atomic mass is 32.2. The minimum atomic E-state index is -0.177. The molecule has 0 radical (unpaired) electrons. The second-order valence-electron chi connectivity index (χ2n) is 9.30. The Morgan fingerprint density at radius 2 is 1.84 bits per heavy atom. The van der Waals surface area contributed by atoms with E-state index in [1.165, 1.54) is 23.1 Å². The maximum Gasteiger partial charge on any atom is 0.255 e. The van der Waals surface area contributed by atoms with Gasteiger partial charge in [-0.05, 0) is 74.7 Å². The Bertz CT molecular complexity index is 1400. The number of rotatable bonds is 11. The van der Waals surface area contributed by atoms with Gasteiger partial charge in [-0.15, -0.1) is 11.3 Å². The van der Waals surface area contributed by atoms with Crippen LogP contribution in [0.25, 0.3) is 10.2 Å². The number of benzene rings is 3. The number of hydrogen-bond donors (Lipinski definition) is 2. The summed E-state index contributed by atoms with van der Waals surface area (Å²) in [6, 6.07) is 21.0. The molecule has 6 nitrogen and oxygen atoms in total. The predicted octanol–water partition coefficient (Wildman–Crippen LogP) is 7.39. The largest absolute Gasteiger partial charge is 0.490 e. The molecule has 0 saturated carbocycles. The Kier molecular flexibility index (Phi) is 9.42. The summed E-state index contributed by atoms with van der Waals surface area (Å²) in [5.74, 6) is 0.882. The van der Waals surface area contributed by atoms with Gasteiger partial charge in [0.15, 0.2) is 4.34 Å². The number of thioether (sulfide) groups is 1. The molecule has 198 valence electrons. The first-order valence-electron chi connectivity index (χ1n) is 12.8. The number of carbonyl (C=O) groups excluding carboxylic acids is 2. The average molecular weight is 548 g/mol. The molecule has 0 aliphatic heterocycles. The molecule has 1 heterocycles. The lowest BCUT2D eigenvalue weighted by Crippen LogP contribution is -2.28. The van der Waals surface area contributed by atoms with Gasteiger partial charge in [0.05, 0.1) is 28.1 Å². The lowest BCUT2D eigenvalue weighted by Gasteiger charge is -2.16. The second kappa shape index (κ2) is 12.9. The molecule has 0 saturated heterocycles. The van der Waals surface area contributed by atoms with E-state index in [4.69, 9.17) is 4.74 Å². The van der Waals surface area contributed by atoms with Crippen molar-refractivity contribution in [2.75, 3.05) is 11.1 Å². The Hall–Kier alpha value is -3.36. The molecular weight excluding hydrogens is 514 g/mol. The fourth-order valence-corrected chi connectivity index (χ4v) is 6.01. The fourth-order valence-electron chi connectivity index (χ4n) is 4.09. The Morgan fingerprint density at radius 3 is 2.58 bits per heavy atom. The van der Waals surface area contributed by atoms with Crippen LogP contribution in [0.2, 0.25) is 0 Å². The Balaban J connectivity index is 1.34. The topological polar surface area (TPSA) is 80.3 Å². The van der Waals surface area contributed by atoms with Gasteiger partial charge in [-0.2, -0.15) is 0 Å². The van der Waals surface area contributed by atoms with Gasteiger partial charge in [0.2, 0.25) is 5.91 Å². The van der Waals surface area contributed by atoms with Gasteiger partial charge < -0.3 is 15.4 Å². The summed E-state index contributed by atoms with van der Waals surface area (Å²) in [5, 5.41) is 6.01. The third-order valence-electron chi connectivity index (χ3n) is 6.09. The quantitative estimate of drug-likeness (QED) is 0.191. The van der Waals surface area contributed by atoms with Crippen LogP contribution in [0.4, 0.5) is 5.69 Å². The Morgan fingerprint density at radius 1 is 1.05 bits per heavy atom. The van der Waals surface area contributed by atoms with Crippen molar-refractivity contribution in [1.29, 1.82) is 0 Å². The zero-order chi connectivity index (χ0) is 27.1. The van der Waals surface area contributed by atoms with Gasteiger partial charge in [0, 0.05) is 11.3 Å². The standard InChI is InChI=1S/C30H33N3O3S2/c1-5-9-20(3)36-26-15-12-23(16-19(26)2)29(35)32-24-13-14-25-27(17-24)38-30(33-25)37-18-28(34)31-21(4)22-10-7-6-8-11-22/h6-8,10-17,20-21H,5,9,18H2,1-4H3,(H,31,34)(H,32,35)/t20-,21-/m0/s1. The molecule has 2 N–H and O–H groups in total. The third-order valence-corrected chi connectivity index (χ3v) is 8.25.